The zero-order chi connectivity index (χ0) is 18.6. The van der Waals surface area contributed by atoms with Crippen molar-refractivity contribution in [3.8, 4) is 11.4 Å². The summed E-state index contributed by atoms with van der Waals surface area (Å²) in [6.45, 7) is 5.33. The normalized spacial score (nSPS) is 11.4. The van der Waals surface area contributed by atoms with Gasteiger partial charge in [0, 0.05) is 30.3 Å². The lowest BCUT2D eigenvalue weighted by molar-refractivity contribution is 0.498. The molecule has 0 N–H and O–H groups in total. The molecule has 0 aliphatic heterocycles. The van der Waals surface area contributed by atoms with E-state index in [0.717, 1.165) is 28.8 Å². The third kappa shape index (κ3) is 4.03. The highest BCUT2D eigenvalue weighted by atomic mass is 32.2. The third-order valence-corrected chi connectivity index (χ3v) is 5.42. The molecule has 2 aromatic carbocycles. The number of hydrogen-bond acceptors (Lipinski definition) is 4. The molecule has 0 bridgehead atoms. The van der Waals surface area contributed by atoms with Crippen molar-refractivity contribution >= 4 is 22.5 Å². The number of aromatic nitrogens is 4. The van der Waals surface area contributed by atoms with Crippen LogP contribution in [0.4, 0.5) is 0 Å². The Balaban J connectivity index is 1.60. The summed E-state index contributed by atoms with van der Waals surface area (Å²) in [5, 5.41) is 12.5. The SMILES string of the molecule is CC(C)Cn1c(SCc2ccc3ccccc3c2)nnc1-c1ccncc1. The van der Waals surface area contributed by atoms with Gasteiger partial charge in [0.15, 0.2) is 11.0 Å². The summed E-state index contributed by atoms with van der Waals surface area (Å²) in [5.41, 5.74) is 2.35. The van der Waals surface area contributed by atoms with Crippen molar-refractivity contribution < 1.29 is 0 Å². The van der Waals surface area contributed by atoms with Crippen molar-refractivity contribution in [2.24, 2.45) is 5.92 Å². The first-order chi connectivity index (χ1) is 13.2. The van der Waals surface area contributed by atoms with E-state index in [2.05, 4.69) is 76.1 Å². The summed E-state index contributed by atoms with van der Waals surface area (Å²) >= 11 is 1.74. The van der Waals surface area contributed by atoms with Crippen molar-refractivity contribution in [3.63, 3.8) is 0 Å². The fraction of sp³-hybridized carbons (Fsp3) is 0.227. The van der Waals surface area contributed by atoms with Gasteiger partial charge in [0.2, 0.25) is 0 Å². The summed E-state index contributed by atoms with van der Waals surface area (Å²) in [7, 11) is 0. The van der Waals surface area contributed by atoms with Crippen molar-refractivity contribution in [1.82, 2.24) is 19.7 Å². The van der Waals surface area contributed by atoms with Crippen LogP contribution in [0.25, 0.3) is 22.2 Å². The van der Waals surface area contributed by atoms with Gasteiger partial charge < -0.3 is 4.57 Å². The molecule has 2 aromatic heterocycles. The predicted octanol–water partition coefficient (Wildman–Crippen LogP) is 5.44. The molecule has 0 atom stereocenters. The van der Waals surface area contributed by atoms with Gasteiger partial charge in [0.05, 0.1) is 0 Å². The average molecular weight is 375 g/mol. The molecule has 2 heterocycles. The molecule has 5 heteroatoms. The zero-order valence-electron chi connectivity index (χ0n) is 15.5. The van der Waals surface area contributed by atoms with Crippen LogP contribution < -0.4 is 0 Å². The molecule has 4 aromatic rings. The highest BCUT2D eigenvalue weighted by Gasteiger charge is 2.15. The van der Waals surface area contributed by atoms with Gasteiger partial charge in [-0.3, -0.25) is 4.98 Å². The van der Waals surface area contributed by atoms with Crippen LogP contribution in [0.15, 0.2) is 72.1 Å². The molecule has 0 fully saturated rings. The van der Waals surface area contributed by atoms with Crippen molar-refractivity contribution in [1.29, 1.82) is 0 Å². The Bertz CT molecular complexity index is 1040. The number of benzene rings is 2. The lowest BCUT2D eigenvalue weighted by Gasteiger charge is -2.12. The van der Waals surface area contributed by atoms with Gasteiger partial charge >= 0.3 is 0 Å². The molecular weight excluding hydrogens is 352 g/mol. The number of fused-ring (bicyclic) bond motifs is 1. The van der Waals surface area contributed by atoms with Crippen LogP contribution in [0.2, 0.25) is 0 Å². The molecule has 0 amide bonds. The van der Waals surface area contributed by atoms with Gasteiger partial charge in [-0.2, -0.15) is 0 Å². The van der Waals surface area contributed by atoms with E-state index in [9.17, 15) is 0 Å². The first-order valence-corrected chi connectivity index (χ1v) is 10.1. The van der Waals surface area contributed by atoms with E-state index in [1.807, 2.05) is 12.1 Å². The first kappa shape index (κ1) is 17.7. The minimum Gasteiger partial charge on any atom is -0.302 e. The minimum absolute atomic E-state index is 0.515. The molecule has 0 unspecified atom stereocenters. The number of pyridine rings is 1. The monoisotopic (exact) mass is 374 g/mol. The second kappa shape index (κ2) is 7.92. The van der Waals surface area contributed by atoms with Gasteiger partial charge in [-0.15, -0.1) is 10.2 Å². The molecule has 4 rings (SSSR count). The lowest BCUT2D eigenvalue weighted by Crippen LogP contribution is -2.07. The fourth-order valence-electron chi connectivity index (χ4n) is 3.12. The maximum Gasteiger partial charge on any atom is 0.191 e. The Morgan fingerprint density at radius 1 is 0.926 bits per heavy atom. The van der Waals surface area contributed by atoms with E-state index >= 15 is 0 Å². The number of nitrogens with zero attached hydrogens (tertiary/aromatic N) is 4. The molecular formula is C22H22N4S. The molecule has 0 saturated heterocycles. The van der Waals surface area contributed by atoms with E-state index in [-0.39, 0.29) is 0 Å². The highest BCUT2D eigenvalue weighted by molar-refractivity contribution is 7.98. The maximum atomic E-state index is 4.48. The Morgan fingerprint density at radius 3 is 2.48 bits per heavy atom. The standard InChI is InChI=1S/C22H22N4S/c1-16(2)14-26-21(19-9-11-23-12-10-19)24-25-22(26)27-15-17-7-8-18-5-3-4-6-20(18)13-17/h3-13,16H,14-15H2,1-2H3. The largest absolute Gasteiger partial charge is 0.302 e. The smallest absolute Gasteiger partial charge is 0.191 e. The van der Waals surface area contributed by atoms with E-state index in [4.69, 9.17) is 0 Å². The van der Waals surface area contributed by atoms with E-state index < -0.39 is 0 Å². The lowest BCUT2D eigenvalue weighted by atomic mass is 10.1. The fourth-order valence-corrected chi connectivity index (χ4v) is 4.01. The molecule has 0 aliphatic carbocycles. The summed E-state index contributed by atoms with van der Waals surface area (Å²) in [4.78, 5) is 4.11. The number of rotatable bonds is 6. The molecule has 0 spiro atoms. The number of thioether (sulfide) groups is 1. The van der Waals surface area contributed by atoms with Gasteiger partial charge in [-0.25, -0.2) is 0 Å². The first-order valence-electron chi connectivity index (χ1n) is 9.15. The van der Waals surface area contributed by atoms with Crippen molar-refractivity contribution in [3.05, 3.63) is 72.6 Å². The van der Waals surface area contributed by atoms with Gasteiger partial charge in [0.1, 0.15) is 0 Å². The van der Waals surface area contributed by atoms with Crippen LogP contribution >= 0.6 is 11.8 Å². The predicted molar refractivity (Wildman–Crippen MR) is 112 cm³/mol. The van der Waals surface area contributed by atoms with Crippen LogP contribution in [0, 0.1) is 5.92 Å². The number of hydrogen-bond donors (Lipinski definition) is 0. The van der Waals surface area contributed by atoms with Crippen molar-refractivity contribution in [2.75, 3.05) is 0 Å². The summed E-state index contributed by atoms with van der Waals surface area (Å²) in [6.07, 6.45) is 3.59. The van der Waals surface area contributed by atoms with Gasteiger partial charge in [-0.1, -0.05) is 68.1 Å². The minimum atomic E-state index is 0.515. The average Bonchev–Trinajstić information content (AvgIpc) is 3.08. The second-order valence-electron chi connectivity index (χ2n) is 7.02. The topological polar surface area (TPSA) is 43.6 Å². The van der Waals surface area contributed by atoms with Crippen LogP contribution in [-0.2, 0) is 12.3 Å². The summed E-state index contributed by atoms with van der Waals surface area (Å²) < 4.78 is 2.23. The Kier molecular flexibility index (Phi) is 5.21. The molecule has 0 saturated carbocycles. The van der Waals surface area contributed by atoms with E-state index in [0.29, 0.717) is 5.92 Å². The van der Waals surface area contributed by atoms with Gasteiger partial charge in [-0.05, 0) is 34.4 Å². The summed E-state index contributed by atoms with van der Waals surface area (Å²) in [6, 6.07) is 19.1. The zero-order valence-corrected chi connectivity index (χ0v) is 16.4. The molecule has 0 radical (unpaired) electrons. The summed E-state index contributed by atoms with van der Waals surface area (Å²) in [5.74, 6) is 2.30. The van der Waals surface area contributed by atoms with E-state index in [1.165, 1.54) is 16.3 Å². The Labute approximate surface area is 163 Å². The second-order valence-corrected chi connectivity index (χ2v) is 7.96. The van der Waals surface area contributed by atoms with Crippen molar-refractivity contribution in [2.45, 2.75) is 31.3 Å². The molecule has 0 aliphatic rings. The van der Waals surface area contributed by atoms with Crippen LogP contribution in [0.5, 0.6) is 0 Å². The highest BCUT2D eigenvalue weighted by Crippen LogP contribution is 2.28. The third-order valence-electron chi connectivity index (χ3n) is 4.38. The molecule has 4 nitrogen and oxygen atoms in total. The van der Waals surface area contributed by atoms with Crippen LogP contribution in [0.1, 0.15) is 19.4 Å². The van der Waals surface area contributed by atoms with Gasteiger partial charge in [0.25, 0.3) is 0 Å². The molecule has 27 heavy (non-hydrogen) atoms. The quantitative estimate of drug-likeness (QED) is 0.421. The van der Waals surface area contributed by atoms with Crippen LogP contribution in [0.3, 0.4) is 0 Å². The Hall–Kier alpha value is -2.66. The maximum absolute atomic E-state index is 4.48. The van der Waals surface area contributed by atoms with Crippen LogP contribution in [-0.4, -0.2) is 19.7 Å². The van der Waals surface area contributed by atoms with E-state index in [1.54, 1.807) is 24.2 Å². The molecule has 136 valence electrons. The Morgan fingerprint density at radius 2 is 1.70 bits per heavy atom.